The van der Waals surface area contributed by atoms with Crippen LogP contribution < -0.4 is 15.4 Å². The van der Waals surface area contributed by atoms with Gasteiger partial charge in [0, 0.05) is 13.0 Å². The summed E-state index contributed by atoms with van der Waals surface area (Å²) in [6, 6.07) is 6.81. The molecule has 6 heteroatoms. The van der Waals surface area contributed by atoms with Crippen molar-refractivity contribution in [1.29, 1.82) is 0 Å². The summed E-state index contributed by atoms with van der Waals surface area (Å²) in [4.78, 5) is 22.0. The number of benzene rings is 1. The van der Waals surface area contributed by atoms with Crippen LogP contribution in [0.5, 0.6) is 5.75 Å². The first-order chi connectivity index (χ1) is 9.63. The van der Waals surface area contributed by atoms with Crippen LogP contribution in [-0.4, -0.2) is 30.3 Å². The summed E-state index contributed by atoms with van der Waals surface area (Å²) < 4.78 is 5.52. The van der Waals surface area contributed by atoms with Gasteiger partial charge in [-0.25, -0.2) is 4.79 Å². The van der Waals surface area contributed by atoms with Gasteiger partial charge < -0.3 is 20.5 Å². The minimum absolute atomic E-state index is 0.0382. The van der Waals surface area contributed by atoms with Gasteiger partial charge in [-0.3, -0.25) is 4.79 Å². The Labute approximate surface area is 118 Å². The second kappa shape index (κ2) is 8.79. The van der Waals surface area contributed by atoms with E-state index in [0.29, 0.717) is 31.0 Å². The fourth-order valence-corrected chi connectivity index (χ4v) is 1.52. The first-order valence-corrected chi connectivity index (χ1v) is 6.62. The minimum atomic E-state index is -0.870. The van der Waals surface area contributed by atoms with E-state index in [2.05, 4.69) is 10.6 Å². The van der Waals surface area contributed by atoms with Gasteiger partial charge in [-0.05, 0) is 25.0 Å². The molecule has 20 heavy (non-hydrogen) atoms. The SMILES string of the molecule is CCCOc1ccccc1NC(=O)NCCCC(=O)O. The summed E-state index contributed by atoms with van der Waals surface area (Å²) >= 11 is 0. The number of anilines is 1. The Morgan fingerprint density at radius 2 is 2.05 bits per heavy atom. The van der Waals surface area contributed by atoms with Crippen molar-refractivity contribution in [3.8, 4) is 5.75 Å². The van der Waals surface area contributed by atoms with Crippen LogP contribution in [0.2, 0.25) is 0 Å². The average Bonchev–Trinajstić information content (AvgIpc) is 2.42. The molecule has 1 aromatic carbocycles. The maximum Gasteiger partial charge on any atom is 0.319 e. The molecule has 110 valence electrons. The van der Waals surface area contributed by atoms with E-state index in [0.717, 1.165) is 6.42 Å². The molecule has 0 unspecified atom stereocenters. The van der Waals surface area contributed by atoms with Crippen molar-refractivity contribution in [3.05, 3.63) is 24.3 Å². The Kier molecular flexibility index (Phi) is 6.95. The number of carboxylic acids is 1. The first kappa shape index (κ1) is 15.8. The third-order valence-corrected chi connectivity index (χ3v) is 2.45. The fraction of sp³-hybridized carbons (Fsp3) is 0.429. The lowest BCUT2D eigenvalue weighted by atomic mass is 10.3. The molecule has 2 amide bonds. The number of para-hydroxylation sites is 2. The number of amides is 2. The predicted molar refractivity (Wildman–Crippen MR) is 76.1 cm³/mol. The number of carboxylic acid groups (broad SMARTS) is 1. The molecule has 1 aromatic rings. The molecule has 0 saturated carbocycles. The zero-order chi connectivity index (χ0) is 14.8. The van der Waals surface area contributed by atoms with E-state index in [4.69, 9.17) is 9.84 Å². The number of hydrogen-bond acceptors (Lipinski definition) is 3. The highest BCUT2D eigenvalue weighted by Crippen LogP contribution is 2.23. The number of carbonyl (C=O) groups excluding carboxylic acids is 1. The van der Waals surface area contributed by atoms with Crippen LogP contribution >= 0.6 is 0 Å². The summed E-state index contributed by atoms with van der Waals surface area (Å²) in [5.41, 5.74) is 0.594. The van der Waals surface area contributed by atoms with Gasteiger partial charge in [-0.2, -0.15) is 0 Å². The Balaban J connectivity index is 2.42. The smallest absolute Gasteiger partial charge is 0.319 e. The maximum absolute atomic E-state index is 11.7. The fourth-order valence-electron chi connectivity index (χ4n) is 1.52. The van der Waals surface area contributed by atoms with Crippen molar-refractivity contribution in [1.82, 2.24) is 5.32 Å². The molecule has 6 nitrogen and oxygen atoms in total. The van der Waals surface area contributed by atoms with Gasteiger partial charge in [0.05, 0.1) is 12.3 Å². The highest BCUT2D eigenvalue weighted by atomic mass is 16.5. The molecule has 0 heterocycles. The largest absolute Gasteiger partial charge is 0.491 e. The maximum atomic E-state index is 11.7. The van der Waals surface area contributed by atoms with Gasteiger partial charge in [-0.15, -0.1) is 0 Å². The second-order valence-electron chi connectivity index (χ2n) is 4.22. The van der Waals surface area contributed by atoms with Crippen molar-refractivity contribution in [2.24, 2.45) is 0 Å². The number of urea groups is 1. The lowest BCUT2D eigenvalue weighted by Gasteiger charge is -2.12. The van der Waals surface area contributed by atoms with E-state index in [-0.39, 0.29) is 12.5 Å². The highest BCUT2D eigenvalue weighted by Gasteiger charge is 2.06. The molecule has 0 saturated heterocycles. The van der Waals surface area contributed by atoms with Crippen LogP contribution in [0.1, 0.15) is 26.2 Å². The topological polar surface area (TPSA) is 87.7 Å². The molecule has 0 aliphatic heterocycles. The Hall–Kier alpha value is -2.24. The van der Waals surface area contributed by atoms with E-state index in [1.54, 1.807) is 18.2 Å². The average molecular weight is 280 g/mol. The molecular weight excluding hydrogens is 260 g/mol. The van der Waals surface area contributed by atoms with Crippen molar-refractivity contribution in [2.45, 2.75) is 26.2 Å². The van der Waals surface area contributed by atoms with Gasteiger partial charge in [0.1, 0.15) is 5.75 Å². The Morgan fingerprint density at radius 1 is 1.30 bits per heavy atom. The molecule has 0 radical (unpaired) electrons. The third kappa shape index (κ3) is 6.08. The summed E-state index contributed by atoms with van der Waals surface area (Å²) in [6.45, 7) is 2.90. The Bertz CT molecular complexity index is 449. The summed E-state index contributed by atoms with van der Waals surface area (Å²) in [6.07, 6.45) is 1.32. The van der Waals surface area contributed by atoms with Crippen LogP contribution in [-0.2, 0) is 4.79 Å². The lowest BCUT2D eigenvalue weighted by Crippen LogP contribution is -2.30. The Morgan fingerprint density at radius 3 is 2.75 bits per heavy atom. The van der Waals surface area contributed by atoms with E-state index in [9.17, 15) is 9.59 Å². The zero-order valence-electron chi connectivity index (χ0n) is 11.5. The molecule has 1 rings (SSSR count). The molecule has 0 bridgehead atoms. The lowest BCUT2D eigenvalue weighted by molar-refractivity contribution is -0.137. The summed E-state index contributed by atoms with van der Waals surface area (Å²) in [7, 11) is 0. The predicted octanol–water partition coefficient (Wildman–Crippen LogP) is 2.46. The molecular formula is C14H20N2O4. The van der Waals surface area contributed by atoms with Crippen LogP contribution in [0, 0.1) is 0 Å². The molecule has 0 spiro atoms. The number of aliphatic carboxylic acids is 1. The van der Waals surface area contributed by atoms with E-state index < -0.39 is 5.97 Å². The van der Waals surface area contributed by atoms with Crippen molar-refractivity contribution < 1.29 is 19.4 Å². The molecule has 0 aliphatic rings. The normalized spacial score (nSPS) is 9.85. The van der Waals surface area contributed by atoms with E-state index >= 15 is 0 Å². The van der Waals surface area contributed by atoms with E-state index in [1.807, 2.05) is 13.0 Å². The van der Waals surface area contributed by atoms with Crippen LogP contribution in [0.3, 0.4) is 0 Å². The molecule has 0 aromatic heterocycles. The molecule has 0 aliphatic carbocycles. The van der Waals surface area contributed by atoms with Crippen molar-refractivity contribution in [2.75, 3.05) is 18.5 Å². The number of nitrogens with one attached hydrogen (secondary N) is 2. The zero-order valence-corrected chi connectivity index (χ0v) is 11.5. The van der Waals surface area contributed by atoms with E-state index in [1.165, 1.54) is 0 Å². The van der Waals surface area contributed by atoms with Crippen LogP contribution in [0.4, 0.5) is 10.5 Å². The standard InChI is InChI=1S/C14H20N2O4/c1-2-10-20-12-7-4-3-6-11(12)16-14(19)15-9-5-8-13(17)18/h3-4,6-7H,2,5,8-10H2,1H3,(H,17,18)(H2,15,16,19). The number of carbonyl (C=O) groups is 2. The van der Waals surface area contributed by atoms with Gasteiger partial charge in [-0.1, -0.05) is 19.1 Å². The van der Waals surface area contributed by atoms with Crippen LogP contribution in [0.25, 0.3) is 0 Å². The molecule has 0 fully saturated rings. The van der Waals surface area contributed by atoms with Gasteiger partial charge >= 0.3 is 12.0 Å². The number of rotatable bonds is 8. The number of hydrogen-bond donors (Lipinski definition) is 3. The highest BCUT2D eigenvalue weighted by molar-refractivity contribution is 5.90. The van der Waals surface area contributed by atoms with Gasteiger partial charge in [0.15, 0.2) is 0 Å². The first-order valence-electron chi connectivity index (χ1n) is 6.62. The summed E-state index contributed by atoms with van der Waals surface area (Å²) in [5.74, 6) is -0.249. The second-order valence-corrected chi connectivity index (χ2v) is 4.22. The van der Waals surface area contributed by atoms with Crippen molar-refractivity contribution >= 4 is 17.7 Å². The minimum Gasteiger partial charge on any atom is -0.491 e. The van der Waals surface area contributed by atoms with Crippen molar-refractivity contribution in [3.63, 3.8) is 0 Å². The monoisotopic (exact) mass is 280 g/mol. The third-order valence-electron chi connectivity index (χ3n) is 2.45. The molecule has 0 atom stereocenters. The quantitative estimate of drug-likeness (QED) is 0.638. The van der Waals surface area contributed by atoms with Crippen LogP contribution in [0.15, 0.2) is 24.3 Å². The van der Waals surface area contributed by atoms with Gasteiger partial charge in [0.2, 0.25) is 0 Å². The molecule has 3 N–H and O–H groups in total. The number of ether oxygens (including phenoxy) is 1. The summed E-state index contributed by atoms with van der Waals surface area (Å²) in [5, 5.41) is 13.8. The van der Waals surface area contributed by atoms with Gasteiger partial charge in [0.25, 0.3) is 0 Å².